The topological polar surface area (TPSA) is 75.4 Å². The Morgan fingerprint density at radius 3 is 2.83 bits per heavy atom. The molecule has 1 atom stereocenters. The molecule has 0 aromatic carbocycles. The summed E-state index contributed by atoms with van der Waals surface area (Å²) in [4.78, 5) is 25.4. The number of imide groups is 1. The standard InChI is InChI=1S/C12H15N3O3/c1-7-5-9(18-14-7)6-15-10(16)12(2,8-3-4-8)13-11(15)17/h5,8H,3-4,6H2,1-2H3,(H,13,17). The average molecular weight is 249 g/mol. The maximum absolute atomic E-state index is 12.3. The van der Waals surface area contributed by atoms with Crippen molar-refractivity contribution in [2.45, 2.75) is 38.8 Å². The van der Waals surface area contributed by atoms with E-state index in [1.165, 1.54) is 4.90 Å². The Bertz CT molecular complexity index is 520. The minimum Gasteiger partial charge on any atom is -0.359 e. The second kappa shape index (κ2) is 3.57. The lowest BCUT2D eigenvalue weighted by Gasteiger charge is -2.20. The van der Waals surface area contributed by atoms with Crippen molar-refractivity contribution in [3.63, 3.8) is 0 Å². The Balaban J connectivity index is 1.80. The van der Waals surface area contributed by atoms with E-state index in [9.17, 15) is 9.59 Å². The zero-order valence-electron chi connectivity index (χ0n) is 10.4. The van der Waals surface area contributed by atoms with Crippen LogP contribution in [-0.4, -0.2) is 27.5 Å². The molecule has 1 unspecified atom stereocenters. The first kappa shape index (κ1) is 11.3. The van der Waals surface area contributed by atoms with Crippen LogP contribution in [-0.2, 0) is 11.3 Å². The van der Waals surface area contributed by atoms with Gasteiger partial charge in [-0.1, -0.05) is 5.16 Å². The second-order valence-electron chi connectivity index (χ2n) is 5.23. The first-order valence-corrected chi connectivity index (χ1v) is 6.07. The Kier molecular flexibility index (Phi) is 2.23. The zero-order chi connectivity index (χ0) is 12.9. The molecule has 1 aromatic rings. The molecule has 1 aliphatic heterocycles. The van der Waals surface area contributed by atoms with Crippen molar-refractivity contribution in [2.75, 3.05) is 0 Å². The minimum atomic E-state index is -0.730. The molecule has 1 aliphatic carbocycles. The first-order valence-electron chi connectivity index (χ1n) is 6.07. The summed E-state index contributed by atoms with van der Waals surface area (Å²) in [5, 5.41) is 6.54. The van der Waals surface area contributed by atoms with E-state index in [1.807, 2.05) is 0 Å². The molecule has 2 fully saturated rings. The van der Waals surface area contributed by atoms with Gasteiger partial charge in [0, 0.05) is 6.07 Å². The number of hydrogen-bond acceptors (Lipinski definition) is 4. The summed E-state index contributed by atoms with van der Waals surface area (Å²) in [5.41, 5.74) is 0.00796. The fourth-order valence-corrected chi connectivity index (χ4v) is 2.44. The Hall–Kier alpha value is -1.85. The number of rotatable bonds is 3. The quantitative estimate of drug-likeness (QED) is 0.817. The predicted molar refractivity (Wildman–Crippen MR) is 61.5 cm³/mol. The van der Waals surface area contributed by atoms with Crippen LogP contribution in [0.2, 0.25) is 0 Å². The van der Waals surface area contributed by atoms with E-state index in [4.69, 9.17) is 4.52 Å². The molecule has 0 bridgehead atoms. The first-order chi connectivity index (χ1) is 8.50. The molecule has 3 rings (SSSR count). The molecular formula is C12H15N3O3. The summed E-state index contributed by atoms with van der Waals surface area (Å²) in [6.45, 7) is 3.75. The molecule has 3 amide bonds. The molecule has 1 saturated carbocycles. The predicted octanol–water partition coefficient (Wildman–Crippen LogP) is 1.20. The zero-order valence-corrected chi connectivity index (χ0v) is 10.4. The number of nitrogens with one attached hydrogen (secondary N) is 1. The van der Waals surface area contributed by atoms with Crippen molar-refractivity contribution in [2.24, 2.45) is 5.92 Å². The average Bonchev–Trinajstić information content (AvgIpc) is 3.06. The summed E-state index contributed by atoms with van der Waals surface area (Å²) in [5.74, 6) is 0.635. The van der Waals surface area contributed by atoms with Gasteiger partial charge in [-0.2, -0.15) is 0 Å². The lowest BCUT2D eigenvalue weighted by molar-refractivity contribution is -0.132. The molecule has 2 aliphatic rings. The molecule has 1 saturated heterocycles. The fraction of sp³-hybridized carbons (Fsp3) is 0.583. The number of nitrogens with zero attached hydrogens (tertiary/aromatic N) is 2. The molecule has 96 valence electrons. The van der Waals surface area contributed by atoms with Crippen molar-refractivity contribution in [3.05, 3.63) is 17.5 Å². The van der Waals surface area contributed by atoms with Gasteiger partial charge in [-0.15, -0.1) is 0 Å². The van der Waals surface area contributed by atoms with Gasteiger partial charge in [-0.3, -0.25) is 9.69 Å². The van der Waals surface area contributed by atoms with Gasteiger partial charge >= 0.3 is 6.03 Å². The van der Waals surface area contributed by atoms with Crippen LogP contribution in [0.1, 0.15) is 31.2 Å². The largest absolute Gasteiger partial charge is 0.359 e. The van der Waals surface area contributed by atoms with E-state index in [2.05, 4.69) is 10.5 Å². The van der Waals surface area contributed by atoms with Crippen molar-refractivity contribution >= 4 is 11.9 Å². The summed E-state index contributed by atoms with van der Waals surface area (Å²) in [7, 11) is 0. The van der Waals surface area contributed by atoms with Crippen LogP contribution in [0.25, 0.3) is 0 Å². The van der Waals surface area contributed by atoms with E-state index in [-0.39, 0.29) is 24.4 Å². The van der Waals surface area contributed by atoms with Crippen LogP contribution < -0.4 is 5.32 Å². The number of aryl methyl sites for hydroxylation is 1. The highest BCUT2D eigenvalue weighted by Crippen LogP contribution is 2.42. The summed E-state index contributed by atoms with van der Waals surface area (Å²) < 4.78 is 5.04. The molecule has 1 aromatic heterocycles. The second-order valence-corrected chi connectivity index (χ2v) is 5.23. The minimum absolute atomic E-state index is 0.147. The molecular weight excluding hydrogens is 234 g/mol. The summed E-state index contributed by atoms with van der Waals surface area (Å²) >= 11 is 0. The Morgan fingerprint density at radius 2 is 2.28 bits per heavy atom. The fourth-order valence-electron chi connectivity index (χ4n) is 2.44. The number of aromatic nitrogens is 1. The number of carbonyl (C=O) groups excluding carboxylic acids is 2. The molecule has 18 heavy (non-hydrogen) atoms. The Labute approximate surface area is 104 Å². The van der Waals surface area contributed by atoms with Crippen LogP contribution in [0, 0.1) is 12.8 Å². The molecule has 6 nitrogen and oxygen atoms in total. The molecule has 0 radical (unpaired) electrons. The van der Waals surface area contributed by atoms with Crippen molar-refractivity contribution in [1.29, 1.82) is 0 Å². The van der Waals surface area contributed by atoms with Crippen molar-refractivity contribution in [1.82, 2.24) is 15.4 Å². The lowest BCUT2D eigenvalue weighted by Crippen LogP contribution is -2.46. The van der Waals surface area contributed by atoms with Gasteiger partial charge in [0.05, 0.1) is 12.2 Å². The third-order valence-electron chi connectivity index (χ3n) is 3.69. The molecule has 0 spiro atoms. The maximum Gasteiger partial charge on any atom is 0.325 e. The van der Waals surface area contributed by atoms with Gasteiger partial charge in [0.1, 0.15) is 5.54 Å². The van der Waals surface area contributed by atoms with Crippen LogP contribution >= 0.6 is 0 Å². The normalized spacial score (nSPS) is 27.8. The number of amides is 3. The van der Waals surface area contributed by atoms with Crippen molar-refractivity contribution in [3.8, 4) is 0 Å². The van der Waals surface area contributed by atoms with Crippen molar-refractivity contribution < 1.29 is 14.1 Å². The van der Waals surface area contributed by atoms with Gasteiger partial charge in [0.15, 0.2) is 5.76 Å². The summed E-state index contributed by atoms with van der Waals surface area (Å²) in [6.07, 6.45) is 2.00. The number of carbonyl (C=O) groups is 2. The molecule has 2 heterocycles. The van der Waals surface area contributed by atoms with Gasteiger partial charge in [-0.25, -0.2) is 4.79 Å². The van der Waals surface area contributed by atoms with Crippen LogP contribution in [0.3, 0.4) is 0 Å². The molecule has 1 N–H and O–H groups in total. The van der Waals surface area contributed by atoms with E-state index in [0.29, 0.717) is 5.76 Å². The van der Waals surface area contributed by atoms with Gasteiger partial charge in [-0.05, 0) is 32.6 Å². The number of hydrogen-bond donors (Lipinski definition) is 1. The summed E-state index contributed by atoms with van der Waals surface area (Å²) in [6, 6.07) is 1.39. The van der Waals surface area contributed by atoms with Gasteiger partial charge in [0.2, 0.25) is 0 Å². The maximum atomic E-state index is 12.3. The smallest absolute Gasteiger partial charge is 0.325 e. The van der Waals surface area contributed by atoms with Crippen LogP contribution in [0.15, 0.2) is 10.6 Å². The lowest BCUT2D eigenvalue weighted by atomic mass is 9.96. The highest BCUT2D eigenvalue weighted by atomic mass is 16.5. The van der Waals surface area contributed by atoms with E-state index >= 15 is 0 Å². The van der Waals surface area contributed by atoms with Crippen LogP contribution in [0.5, 0.6) is 0 Å². The molecule has 6 heteroatoms. The van der Waals surface area contributed by atoms with E-state index in [1.54, 1.807) is 19.9 Å². The van der Waals surface area contributed by atoms with Crippen LogP contribution in [0.4, 0.5) is 4.79 Å². The third-order valence-corrected chi connectivity index (χ3v) is 3.69. The highest BCUT2D eigenvalue weighted by molar-refractivity contribution is 6.07. The number of urea groups is 1. The van der Waals surface area contributed by atoms with Gasteiger partial charge in [0.25, 0.3) is 5.91 Å². The van der Waals surface area contributed by atoms with E-state index < -0.39 is 5.54 Å². The Morgan fingerprint density at radius 1 is 1.56 bits per heavy atom. The monoisotopic (exact) mass is 249 g/mol. The highest BCUT2D eigenvalue weighted by Gasteiger charge is 2.56. The van der Waals surface area contributed by atoms with E-state index in [0.717, 1.165) is 18.5 Å². The van der Waals surface area contributed by atoms with Gasteiger partial charge < -0.3 is 9.84 Å². The third kappa shape index (κ3) is 1.60. The SMILES string of the molecule is Cc1cc(CN2C(=O)NC(C)(C3CC3)C2=O)on1.